The van der Waals surface area contributed by atoms with Gasteiger partial charge in [0.15, 0.2) is 5.79 Å². The molecular formula is C19H23FN2O6. The van der Waals surface area contributed by atoms with Crippen molar-refractivity contribution in [2.24, 2.45) is 0 Å². The number of carbonyl (C=O) groups is 1. The van der Waals surface area contributed by atoms with Crippen molar-refractivity contribution < 1.29 is 28.7 Å². The zero-order valence-corrected chi connectivity index (χ0v) is 16.2. The molecule has 0 saturated carbocycles. The molecule has 1 saturated heterocycles. The molecule has 152 valence electrons. The highest BCUT2D eigenvalue weighted by atomic mass is 19.1. The second-order valence-corrected chi connectivity index (χ2v) is 7.97. The van der Waals surface area contributed by atoms with Crippen molar-refractivity contribution in [1.82, 2.24) is 4.57 Å². The second kappa shape index (κ2) is 6.82. The number of aromatic nitrogens is 1. The number of hydrogen-bond donors (Lipinski definition) is 1. The number of ether oxygens (including phenoxy) is 2. The molecule has 1 aromatic heterocycles. The zero-order valence-electron chi connectivity index (χ0n) is 16.2. The number of rotatable bonds is 6. The smallest absolute Gasteiger partial charge is 0.315 e. The Kier molecular flexibility index (Phi) is 4.93. The van der Waals surface area contributed by atoms with Gasteiger partial charge in [0.05, 0.1) is 23.2 Å². The molecule has 1 unspecified atom stereocenters. The van der Waals surface area contributed by atoms with Crippen molar-refractivity contribution in [3.63, 3.8) is 0 Å². The number of nitrogens with zero attached hydrogens (tertiary/aromatic N) is 2. The molecule has 28 heavy (non-hydrogen) atoms. The van der Waals surface area contributed by atoms with Crippen molar-refractivity contribution >= 4 is 22.6 Å². The number of carboxylic acid groups (broad SMARTS) is 1. The minimum Gasteiger partial charge on any atom is -0.481 e. The van der Waals surface area contributed by atoms with Crippen LogP contribution >= 0.6 is 0 Å². The first-order valence-electron chi connectivity index (χ1n) is 8.95. The standard InChI is InChI=1S/C19H23FN2O6/c1-18(2,17(23)24)16-8-11-7-15(22(25)26)13(20)9-14(11)21(16)6-5-12-10-27-19(3,4)28-12/h7-9,12H,5-6,10H2,1-4H3,(H,23,24). The van der Waals surface area contributed by atoms with Gasteiger partial charge in [0.1, 0.15) is 5.41 Å². The summed E-state index contributed by atoms with van der Waals surface area (Å²) in [7, 11) is 0. The highest BCUT2D eigenvalue weighted by molar-refractivity contribution is 5.88. The minimum absolute atomic E-state index is 0.184. The SMILES string of the molecule is CC1(C)OCC(CCn2c(C(C)(C)C(=O)O)cc3cc([N+](=O)[O-])c(F)cc32)O1. The number of aryl methyl sites for hydroxylation is 1. The fourth-order valence-electron chi connectivity index (χ4n) is 3.46. The maximum absolute atomic E-state index is 14.2. The maximum Gasteiger partial charge on any atom is 0.315 e. The van der Waals surface area contributed by atoms with Crippen LogP contribution in [0.15, 0.2) is 18.2 Å². The van der Waals surface area contributed by atoms with E-state index in [4.69, 9.17) is 9.47 Å². The number of carboxylic acids is 1. The summed E-state index contributed by atoms with van der Waals surface area (Å²) in [6, 6.07) is 3.80. The summed E-state index contributed by atoms with van der Waals surface area (Å²) < 4.78 is 27.3. The molecule has 0 bridgehead atoms. The van der Waals surface area contributed by atoms with E-state index in [1.807, 2.05) is 13.8 Å². The Balaban J connectivity index is 2.05. The molecule has 0 spiro atoms. The minimum atomic E-state index is -1.27. The molecule has 3 rings (SSSR count). The van der Waals surface area contributed by atoms with Crippen molar-refractivity contribution in [2.45, 2.75) is 58.0 Å². The number of fused-ring (bicyclic) bond motifs is 1. The van der Waals surface area contributed by atoms with Crippen LogP contribution in [-0.2, 0) is 26.2 Å². The average Bonchev–Trinajstić information content (AvgIpc) is 3.11. The molecule has 1 aliphatic rings. The summed E-state index contributed by atoms with van der Waals surface area (Å²) in [5.74, 6) is -2.69. The maximum atomic E-state index is 14.2. The van der Waals surface area contributed by atoms with E-state index >= 15 is 0 Å². The number of aliphatic carboxylic acids is 1. The first-order valence-corrected chi connectivity index (χ1v) is 8.95. The lowest BCUT2D eigenvalue weighted by Crippen LogP contribution is -2.31. The van der Waals surface area contributed by atoms with E-state index in [0.29, 0.717) is 36.2 Å². The fraction of sp³-hybridized carbons (Fsp3) is 0.526. The van der Waals surface area contributed by atoms with Crippen molar-refractivity contribution in [3.05, 3.63) is 39.8 Å². The molecule has 2 aromatic rings. The average molecular weight is 394 g/mol. The van der Waals surface area contributed by atoms with Gasteiger partial charge in [-0.2, -0.15) is 4.39 Å². The van der Waals surface area contributed by atoms with Gasteiger partial charge in [0, 0.05) is 29.8 Å². The number of nitro benzene ring substituents is 1. The molecule has 2 heterocycles. The topological polar surface area (TPSA) is 104 Å². The van der Waals surface area contributed by atoms with Crippen LogP contribution in [0.4, 0.5) is 10.1 Å². The van der Waals surface area contributed by atoms with Crippen LogP contribution in [0.2, 0.25) is 0 Å². The zero-order chi connectivity index (χ0) is 20.9. The largest absolute Gasteiger partial charge is 0.481 e. The molecular weight excluding hydrogens is 371 g/mol. The molecule has 0 radical (unpaired) electrons. The molecule has 1 atom stereocenters. The lowest BCUT2D eigenvalue weighted by Gasteiger charge is -2.23. The van der Waals surface area contributed by atoms with Crippen LogP contribution in [0.1, 0.15) is 39.8 Å². The summed E-state index contributed by atoms with van der Waals surface area (Å²) in [6.07, 6.45) is 0.338. The van der Waals surface area contributed by atoms with Crippen LogP contribution in [0.25, 0.3) is 10.9 Å². The summed E-state index contributed by atoms with van der Waals surface area (Å²) in [5.41, 5.74) is -1.06. The lowest BCUT2D eigenvalue weighted by molar-refractivity contribution is -0.387. The summed E-state index contributed by atoms with van der Waals surface area (Å²) in [5, 5.41) is 21.1. The van der Waals surface area contributed by atoms with Gasteiger partial charge in [-0.05, 0) is 40.2 Å². The van der Waals surface area contributed by atoms with Gasteiger partial charge >= 0.3 is 11.7 Å². The Bertz CT molecular complexity index is 950. The predicted octanol–water partition coefficient (Wildman–Crippen LogP) is 3.59. The van der Waals surface area contributed by atoms with E-state index in [0.717, 1.165) is 12.1 Å². The number of hydrogen-bond acceptors (Lipinski definition) is 5. The van der Waals surface area contributed by atoms with Crippen molar-refractivity contribution in [2.75, 3.05) is 6.61 Å². The Morgan fingerprint density at radius 2 is 2.11 bits per heavy atom. The van der Waals surface area contributed by atoms with E-state index in [2.05, 4.69) is 0 Å². The van der Waals surface area contributed by atoms with Gasteiger partial charge in [-0.1, -0.05) is 0 Å². The van der Waals surface area contributed by atoms with E-state index < -0.39 is 33.6 Å². The van der Waals surface area contributed by atoms with Gasteiger partial charge in [-0.3, -0.25) is 14.9 Å². The van der Waals surface area contributed by atoms with Gasteiger partial charge in [0.25, 0.3) is 0 Å². The molecule has 9 heteroatoms. The monoisotopic (exact) mass is 394 g/mol. The van der Waals surface area contributed by atoms with Crippen molar-refractivity contribution in [1.29, 1.82) is 0 Å². The molecule has 1 aromatic carbocycles. The summed E-state index contributed by atoms with van der Waals surface area (Å²) in [6.45, 7) is 7.48. The Morgan fingerprint density at radius 1 is 1.43 bits per heavy atom. The fourth-order valence-corrected chi connectivity index (χ4v) is 3.46. The highest BCUT2D eigenvalue weighted by Gasteiger charge is 2.36. The van der Waals surface area contributed by atoms with Gasteiger partial charge in [-0.15, -0.1) is 0 Å². The molecule has 1 aliphatic heterocycles. The van der Waals surface area contributed by atoms with Crippen LogP contribution < -0.4 is 0 Å². The summed E-state index contributed by atoms with van der Waals surface area (Å²) in [4.78, 5) is 22.1. The molecule has 1 N–H and O–H groups in total. The number of nitro groups is 1. The second-order valence-electron chi connectivity index (χ2n) is 7.97. The normalized spacial score (nSPS) is 19.2. The Labute approximate surface area is 161 Å². The van der Waals surface area contributed by atoms with Crippen LogP contribution in [0.5, 0.6) is 0 Å². The number of halogens is 1. The van der Waals surface area contributed by atoms with Gasteiger partial charge in [0.2, 0.25) is 5.82 Å². The third-order valence-electron chi connectivity index (χ3n) is 5.08. The molecule has 8 nitrogen and oxygen atoms in total. The number of benzene rings is 1. The lowest BCUT2D eigenvalue weighted by atomic mass is 9.89. The van der Waals surface area contributed by atoms with E-state index in [9.17, 15) is 24.4 Å². The van der Waals surface area contributed by atoms with Crippen LogP contribution in [0, 0.1) is 15.9 Å². The van der Waals surface area contributed by atoms with E-state index in [-0.39, 0.29) is 6.10 Å². The van der Waals surface area contributed by atoms with Crippen molar-refractivity contribution in [3.8, 4) is 0 Å². The van der Waals surface area contributed by atoms with E-state index in [1.165, 1.54) is 0 Å². The van der Waals surface area contributed by atoms with Gasteiger partial charge in [-0.25, -0.2) is 0 Å². The van der Waals surface area contributed by atoms with Crippen LogP contribution in [-0.4, -0.2) is 39.1 Å². The Hall–Kier alpha value is -2.52. The first-order chi connectivity index (χ1) is 12.9. The van der Waals surface area contributed by atoms with Gasteiger partial charge < -0.3 is 19.1 Å². The third kappa shape index (κ3) is 3.59. The predicted molar refractivity (Wildman–Crippen MR) is 98.7 cm³/mol. The molecule has 0 amide bonds. The van der Waals surface area contributed by atoms with Crippen LogP contribution in [0.3, 0.4) is 0 Å². The van der Waals surface area contributed by atoms with E-state index in [1.54, 1.807) is 24.5 Å². The Morgan fingerprint density at radius 3 is 2.64 bits per heavy atom. The molecule has 1 fully saturated rings. The quantitative estimate of drug-likeness (QED) is 0.593. The molecule has 0 aliphatic carbocycles. The first kappa shape index (κ1) is 20.2. The highest BCUT2D eigenvalue weighted by Crippen LogP contribution is 2.34. The third-order valence-corrected chi connectivity index (χ3v) is 5.08. The summed E-state index contributed by atoms with van der Waals surface area (Å²) >= 11 is 0.